The molecular formula is C19H21ClFN5O. The van der Waals surface area contributed by atoms with E-state index < -0.39 is 6.17 Å². The van der Waals surface area contributed by atoms with Gasteiger partial charge in [-0.2, -0.15) is 0 Å². The Balaban J connectivity index is 0.000000221. The minimum absolute atomic E-state index is 0.488. The molecule has 6 nitrogen and oxygen atoms in total. The van der Waals surface area contributed by atoms with Crippen LogP contribution in [0.15, 0.2) is 30.9 Å². The summed E-state index contributed by atoms with van der Waals surface area (Å²) in [5.41, 5.74) is 1.94. The molecule has 0 aliphatic carbocycles. The lowest BCUT2D eigenvalue weighted by atomic mass is 10.1. The van der Waals surface area contributed by atoms with Crippen LogP contribution in [0.4, 0.5) is 4.39 Å². The molecule has 0 aromatic carbocycles. The lowest BCUT2D eigenvalue weighted by Gasteiger charge is -2.23. The van der Waals surface area contributed by atoms with Crippen molar-refractivity contribution in [3.63, 3.8) is 0 Å². The van der Waals surface area contributed by atoms with Crippen molar-refractivity contribution in [2.24, 2.45) is 0 Å². The van der Waals surface area contributed by atoms with E-state index in [1.165, 1.54) is 6.20 Å². The molecule has 0 spiro atoms. The van der Waals surface area contributed by atoms with Crippen molar-refractivity contribution < 1.29 is 9.18 Å². The van der Waals surface area contributed by atoms with Gasteiger partial charge in [-0.3, -0.25) is 14.3 Å². The fraction of sp³-hybridized carbons (Fsp3) is 0.368. The number of fused-ring (bicyclic) bond motifs is 1. The number of alkyl halides is 1. The van der Waals surface area contributed by atoms with Crippen LogP contribution in [0.25, 0.3) is 16.9 Å². The predicted molar refractivity (Wildman–Crippen MR) is 103 cm³/mol. The number of aryl methyl sites for hydroxylation is 1. The SMILES string of the molecule is CN1CCC(F)CC1.Cc1cncc(-n2cc(Cl)c3cc(C=O)cnc32)n1. The Hall–Kier alpha value is -2.38. The number of rotatable bonds is 2. The van der Waals surface area contributed by atoms with Crippen LogP contribution in [0, 0.1) is 6.92 Å². The molecule has 0 saturated carbocycles. The summed E-state index contributed by atoms with van der Waals surface area (Å²) in [6, 6.07) is 1.71. The molecule has 142 valence electrons. The highest BCUT2D eigenvalue weighted by Crippen LogP contribution is 2.26. The largest absolute Gasteiger partial charge is 0.306 e. The number of carbonyl (C=O) groups is 1. The van der Waals surface area contributed by atoms with E-state index in [1.54, 1.807) is 29.2 Å². The van der Waals surface area contributed by atoms with Crippen molar-refractivity contribution in [2.75, 3.05) is 20.1 Å². The van der Waals surface area contributed by atoms with E-state index in [4.69, 9.17) is 11.6 Å². The number of nitrogens with zero attached hydrogens (tertiary/aromatic N) is 5. The number of hydrogen-bond acceptors (Lipinski definition) is 5. The van der Waals surface area contributed by atoms with Crippen LogP contribution >= 0.6 is 11.6 Å². The zero-order valence-electron chi connectivity index (χ0n) is 15.3. The van der Waals surface area contributed by atoms with E-state index >= 15 is 0 Å². The Kier molecular flexibility index (Phi) is 6.13. The Morgan fingerprint density at radius 1 is 1.26 bits per heavy atom. The zero-order valence-corrected chi connectivity index (χ0v) is 16.0. The highest BCUT2D eigenvalue weighted by atomic mass is 35.5. The van der Waals surface area contributed by atoms with Gasteiger partial charge in [0.15, 0.2) is 12.1 Å². The predicted octanol–water partition coefficient (Wildman–Crippen LogP) is 3.64. The number of halogens is 2. The monoisotopic (exact) mass is 389 g/mol. The molecule has 0 radical (unpaired) electrons. The van der Waals surface area contributed by atoms with Crippen LogP contribution in [0.3, 0.4) is 0 Å². The van der Waals surface area contributed by atoms with Crippen molar-refractivity contribution in [2.45, 2.75) is 25.9 Å². The third-order valence-electron chi connectivity index (χ3n) is 4.39. The normalized spacial score (nSPS) is 15.4. The molecule has 0 atom stereocenters. The quantitative estimate of drug-likeness (QED) is 0.626. The van der Waals surface area contributed by atoms with Crippen molar-refractivity contribution in [1.29, 1.82) is 0 Å². The fourth-order valence-corrected chi connectivity index (χ4v) is 3.10. The van der Waals surface area contributed by atoms with Gasteiger partial charge in [-0.25, -0.2) is 14.4 Å². The second kappa shape index (κ2) is 8.54. The Bertz CT molecular complexity index is 927. The summed E-state index contributed by atoms with van der Waals surface area (Å²) in [5, 5.41) is 1.24. The minimum Gasteiger partial charge on any atom is -0.306 e. The molecule has 27 heavy (non-hydrogen) atoms. The summed E-state index contributed by atoms with van der Waals surface area (Å²) in [4.78, 5) is 25.7. The van der Waals surface area contributed by atoms with E-state index in [0.29, 0.717) is 22.1 Å². The molecule has 1 aliphatic rings. The van der Waals surface area contributed by atoms with Crippen LogP contribution in [-0.2, 0) is 0 Å². The molecule has 0 amide bonds. The summed E-state index contributed by atoms with van der Waals surface area (Å²) in [7, 11) is 2.03. The van der Waals surface area contributed by atoms with Crippen molar-refractivity contribution >= 4 is 28.9 Å². The van der Waals surface area contributed by atoms with Crippen molar-refractivity contribution in [3.8, 4) is 5.82 Å². The van der Waals surface area contributed by atoms with Gasteiger partial charge in [-0.15, -0.1) is 0 Å². The van der Waals surface area contributed by atoms with Crippen LogP contribution in [0.2, 0.25) is 5.02 Å². The highest BCUT2D eigenvalue weighted by molar-refractivity contribution is 6.35. The van der Waals surface area contributed by atoms with Crippen LogP contribution < -0.4 is 0 Å². The van der Waals surface area contributed by atoms with Gasteiger partial charge >= 0.3 is 0 Å². The number of pyridine rings is 1. The van der Waals surface area contributed by atoms with Gasteiger partial charge in [0.25, 0.3) is 0 Å². The lowest BCUT2D eigenvalue weighted by Crippen LogP contribution is -2.30. The summed E-state index contributed by atoms with van der Waals surface area (Å²) in [5.74, 6) is 0.642. The molecule has 1 saturated heterocycles. The van der Waals surface area contributed by atoms with E-state index in [2.05, 4.69) is 19.9 Å². The van der Waals surface area contributed by atoms with E-state index in [-0.39, 0.29) is 0 Å². The molecule has 0 unspecified atom stereocenters. The van der Waals surface area contributed by atoms with Crippen molar-refractivity contribution in [3.05, 3.63) is 47.1 Å². The minimum atomic E-state index is -0.522. The first-order valence-electron chi connectivity index (χ1n) is 8.71. The molecule has 8 heteroatoms. The van der Waals surface area contributed by atoms with Gasteiger partial charge in [0.1, 0.15) is 11.8 Å². The average Bonchev–Trinajstić information content (AvgIpc) is 3.01. The second-order valence-corrected chi connectivity index (χ2v) is 7.01. The standard InChI is InChI=1S/C13H9ClN4O.C6H12FN/c1-8-3-15-5-12(17-8)18-6-11(14)10-2-9(7-19)4-16-13(10)18;1-8-4-2-6(7)3-5-8/h2-7H,1H3;6H,2-5H2,1H3. The molecule has 3 aromatic heterocycles. The number of aldehydes is 1. The molecule has 3 aromatic rings. The number of likely N-dealkylation sites (tertiary alicyclic amines) is 1. The van der Waals surface area contributed by atoms with Gasteiger partial charge in [0.05, 0.1) is 16.9 Å². The maximum absolute atomic E-state index is 12.3. The number of aromatic nitrogens is 4. The Morgan fingerprint density at radius 2 is 2.00 bits per heavy atom. The number of hydrogen-bond donors (Lipinski definition) is 0. The van der Waals surface area contributed by atoms with E-state index in [0.717, 1.165) is 43.3 Å². The molecule has 0 bridgehead atoms. The average molecular weight is 390 g/mol. The molecule has 4 rings (SSSR count). The van der Waals surface area contributed by atoms with Gasteiger partial charge in [0, 0.05) is 42.6 Å². The third-order valence-corrected chi connectivity index (χ3v) is 4.69. The maximum atomic E-state index is 12.3. The van der Waals surface area contributed by atoms with E-state index in [9.17, 15) is 9.18 Å². The molecular weight excluding hydrogens is 369 g/mol. The van der Waals surface area contributed by atoms with Crippen LogP contribution in [0.1, 0.15) is 28.9 Å². The molecule has 4 heterocycles. The highest BCUT2D eigenvalue weighted by Gasteiger charge is 2.14. The molecule has 0 N–H and O–H groups in total. The van der Waals surface area contributed by atoms with Gasteiger partial charge in [-0.05, 0) is 32.9 Å². The van der Waals surface area contributed by atoms with Gasteiger partial charge in [0.2, 0.25) is 0 Å². The van der Waals surface area contributed by atoms with Crippen LogP contribution in [-0.4, -0.2) is 57.0 Å². The van der Waals surface area contributed by atoms with Crippen LogP contribution in [0.5, 0.6) is 0 Å². The maximum Gasteiger partial charge on any atom is 0.157 e. The first kappa shape index (κ1) is 19.4. The molecule has 1 aliphatic heterocycles. The summed E-state index contributed by atoms with van der Waals surface area (Å²) < 4.78 is 14.1. The summed E-state index contributed by atoms with van der Waals surface area (Å²) in [6.07, 6.45) is 8.22. The lowest BCUT2D eigenvalue weighted by molar-refractivity contribution is 0.112. The summed E-state index contributed by atoms with van der Waals surface area (Å²) >= 11 is 6.17. The topological polar surface area (TPSA) is 63.9 Å². The number of piperidine rings is 1. The third kappa shape index (κ3) is 4.67. The zero-order chi connectivity index (χ0) is 19.4. The van der Waals surface area contributed by atoms with E-state index in [1.807, 2.05) is 14.0 Å². The number of carbonyl (C=O) groups excluding carboxylic acids is 1. The Morgan fingerprint density at radius 3 is 2.63 bits per heavy atom. The van der Waals surface area contributed by atoms with Gasteiger partial charge in [-0.1, -0.05) is 11.6 Å². The summed E-state index contributed by atoms with van der Waals surface area (Å²) in [6.45, 7) is 3.73. The first-order chi connectivity index (χ1) is 13.0. The first-order valence-corrected chi connectivity index (χ1v) is 9.09. The molecule has 1 fully saturated rings. The second-order valence-electron chi connectivity index (χ2n) is 6.60. The Labute approximate surface area is 162 Å². The van der Waals surface area contributed by atoms with Gasteiger partial charge < -0.3 is 4.90 Å². The fourth-order valence-electron chi connectivity index (χ4n) is 2.87. The smallest absolute Gasteiger partial charge is 0.157 e. The van der Waals surface area contributed by atoms with Crippen molar-refractivity contribution in [1.82, 2.24) is 24.4 Å².